The summed E-state index contributed by atoms with van der Waals surface area (Å²) in [4.78, 5) is 0. The van der Waals surface area contributed by atoms with E-state index in [1.54, 1.807) is 0 Å². The van der Waals surface area contributed by atoms with Crippen molar-refractivity contribution in [2.24, 2.45) is 0 Å². The minimum atomic E-state index is 0.258. The summed E-state index contributed by atoms with van der Waals surface area (Å²) >= 11 is 0. The van der Waals surface area contributed by atoms with Crippen LogP contribution < -0.4 is 4.74 Å². The molecular formula is C43H27NO2. The molecule has 11 rings (SSSR count). The number of rotatable bonds is 2. The summed E-state index contributed by atoms with van der Waals surface area (Å²) in [5, 5.41) is 7.13. The molecule has 46 heavy (non-hydrogen) atoms. The van der Waals surface area contributed by atoms with Crippen LogP contribution in [0.1, 0.15) is 23.5 Å². The molecule has 1 aliphatic heterocycles. The molecule has 1 atom stereocenters. The van der Waals surface area contributed by atoms with Gasteiger partial charge in [0.15, 0.2) is 11.3 Å². The standard InChI is InChI=1S/C43H27NO2/c1-24-15-16-27(34(21-24)25-9-3-2-4-10-25)26-22-35-30-17-19-32-28-11-5-7-13-37(28)45-42(32)40(30)44-39(35)36(23-26)31-18-20-33-29-12-6-8-14-38(29)46-43(33)41(31)44/h2-11,13-23,29H,12H2,1H3. The molecule has 0 radical (unpaired) electrons. The van der Waals surface area contributed by atoms with E-state index in [1.165, 1.54) is 60.4 Å². The minimum Gasteiger partial charge on any atom is -0.459 e. The van der Waals surface area contributed by atoms with Crippen LogP contribution in [0.25, 0.3) is 82.3 Å². The van der Waals surface area contributed by atoms with Gasteiger partial charge in [0, 0.05) is 43.8 Å². The van der Waals surface area contributed by atoms with E-state index >= 15 is 0 Å². The van der Waals surface area contributed by atoms with E-state index in [-0.39, 0.29) is 5.92 Å². The Kier molecular flexibility index (Phi) is 4.62. The molecule has 216 valence electrons. The fourth-order valence-corrected chi connectivity index (χ4v) is 8.28. The zero-order valence-electron chi connectivity index (χ0n) is 25.2. The van der Waals surface area contributed by atoms with E-state index in [9.17, 15) is 0 Å². The van der Waals surface area contributed by atoms with Crippen molar-refractivity contribution in [3.05, 3.63) is 144 Å². The van der Waals surface area contributed by atoms with Gasteiger partial charge in [0.2, 0.25) is 0 Å². The topological polar surface area (TPSA) is 26.8 Å². The second kappa shape index (κ2) is 8.68. The Bertz CT molecular complexity index is 2810. The van der Waals surface area contributed by atoms with Crippen LogP contribution in [0.4, 0.5) is 0 Å². The number of benzene rings is 6. The summed E-state index contributed by atoms with van der Waals surface area (Å²) < 4.78 is 15.9. The van der Waals surface area contributed by atoms with Crippen molar-refractivity contribution in [1.29, 1.82) is 0 Å². The Balaban J connectivity index is 1.32. The highest BCUT2D eigenvalue weighted by Crippen LogP contribution is 2.53. The summed E-state index contributed by atoms with van der Waals surface area (Å²) in [7, 11) is 0. The van der Waals surface area contributed by atoms with E-state index in [4.69, 9.17) is 9.15 Å². The number of ether oxygens (including phenoxy) is 1. The summed E-state index contributed by atoms with van der Waals surface area (Å²) in [5.41, 5.74) is 12.7. The third kappa shape index (κ3) is 3.07. The van der Waals surface area contributed by atoms with E-state index in [0.29, 0.717) is 0 Å². The number of fused-ring (bicyclic) bond motifs is 14. The van der Waals surface area contributed by atoms with Crippen LogP contribution in [0.15, 0.2) is 138 Å². The smallest absolute Gasteiger partial charge is 0.160 e. The monoisotopic (exact) mass is 589 g/mol. The Labute approximate surface area is 264 Å². The maximum absolute atomic E-state index is 6.77. The van der Waals surface area contributed by atoms with Crippen molar-refractivity contribution >= 4 is 60.0 Å². The van der Waals surface area contributed by atoms with E-state index in [2.05, 4.69) is 133 Å². The lowest BCUT2D eigenvalue weighted by Gasteiger charge is -2.12. The number of furan rings is 1. The number of para-hydroxylation sites is 1. The first-order valence-electron chi connectivity index (χ1n) is 16.0. The maximum Gasteiger partial charge on any atom is 0.160 e. The van der Waals surface area contributed by atoms with Crippen molar-refractivity contribution in [2.45, 2.75) is 19.3 Å². The predicted octanol–water partition coefficient (Wildman–Crippen LogP) is 11.7. The number of aryl methyl sites for hydroxylation is 1. The number of nitrogens with zero attached hydrogens (tertiary/aromatic N) is 1. The van der Waals surface area contributed by atoms with Crippen molar-refractivity contribution in [1.82, 2.24) is 4.40 Å². The predicted molar refractivity (Wildman–Crippen MR) is 189 cm³/mol. The van der Waals surface area contributed by atoms with Gasteiger partial charge < -0.3 is 13.6 Å². The van der Waals surface area contributed by atoms with E-state index < -0.39 is 0 Å². The third-order valence-electron chi connectivity index (χ3n) is 10.3. The van der Waals surface area contributed by atoms with Crippen LogP contribution in [-0.4, -0.2) is 4.40 Å². The lowest BCUT2D eigenvalue weighted by molar-refractivity contribution is 0.428. The number of aromatic nitrogens is 1. The van der Waals surface area contributed by atoms with Gasteiger partial charge in [-0.3, -0.25) is 0 Å². The van der Waals surface area contributed by atoms with Crippen LogP contribution in [0.3, 0.4) is 0 Å². The minimum absolute atomic E-state index is 0.258. The van der Waals surface area contributed by atoms with Crippen molar-refractivity contribution in [2.75, 3.05) is 0 Å². The van der Waals surface area contributed by atoms with Gasteiger partial charge in [-0.05, 0) is 65.9 Å². The fourth-order valence-electron chi connectivity index (χ4n) is 8.28. The summed E-state index contributed by atoms with van der Waals surface area (Å²) in [6.45, 7) is 2.17. The number of hydrogen-bond acceptors (Lipinski definition) is 2. The van der Waals surface area contributed by atoms with Gasteiger partial charge in [-0.25, -0.2) is 0 Å². The number of allylic oxidation sites excluding steroid dienone is 4. The van der Waals surface area contributed by atoms with Crippen molar-refractivity contribution in [3.8, 4) is 28.0 Å². The molecular weight excluding hydrogens is 562 g/mol. The van der Waals surface area contributed by atoms with Crippen molar-refractivity contribution < 1.29 is 9.15 Å². The van der Waals surface area contributed by atoms with Crippen LogP contribution in [0.5, 0.6) is 5.75 Å². The molecule has 0 saturated carbocycles. The van der Waals surface area contributed by atoms with Gasteiger partial charge in [-0.2, -0.15) is 0 Å². The van der Waals surface area contributed by atoms with Crippen LogP contribution in [-0.2, 0) is 0 Å². The first kappa shape index (κ1) is 24.5. The van der Waals surface area contributed by atoms with E-state index in [1.807, 2.05) is 6.07 Å². The highest BCUT2D eigenvalue weighted by Gasteiger charge is 2.34. The lowest BCUT2D eigenvalue weighted by Crippen LogP contribution is -1.99. The molecule has 0 fully saturated rings. The molecule has 1 aliphatic carbocycles. The zero-order valence-corrected chi connectivity index (χ0v) is 25.2. The average molecular weight is 590 g/mol. The maximum atomic E-state index is 6.77. The Morgan fingerprint density at radius 2 is 1.41 bits per heavy atom. The third-order valence-corrected chi connectivity index (χ3v) is 10.3. The molecule has 9 aromatic rings. The largest absolute Gasteiger partial charge is 0.459 e. The summed E-state index contributed by atoms with van der Waals surface area (Å²) in [6.07, 6.45) is 7.45. The lowest BCUT2D eigenvalue weighted by atomic mass is 9.90. The molecule has 0 bridgehead atoms. The molecule has 3 aromatic heterocycles. The van der Waals surface area contributed by atoms with Crippen molar-refractivity contribution in [3.63, 3.8) is 0 Å². The second-order valence-electron chi connectivity index (χ2n) is 12.9. The van der Waals surface area contributed by atoms with Gasteiger partial charge in [-0.15, -0.1) is 0 Å². The van der Waals surface area contributed by atoms with Gasteiger partial charge in [0.1, 0.15) is 11.3 Å². The van der Waals surface area contributed by atoms with Crippen LogP contribution >= 0.6 is 0 Å². The molecule has 1 unspecified atom stereocenters. The molecule has 0 amide bonds. The van der Waals surface area contributed by atoms with Gasteiger partial charge in [0.05, 0.1) is 16.6 Å². The molecule has 0 spiro atoms. The van der Waals surface area contributed by atoms with Gasteiger partial charge in [-0.1, -0.05) is 103 Å². The van der Waals surface area contributed by atoms with Gasteiger partial charge in [0.25, 0.3) is 0 Å². The molecule has 2 aliphatic rings. The molecule has 3 nitrogen and oxygen atoms in total. The SMILES string of the molecule is Cc1ccc(-c2cc3c4ccc5c(c4n4c3c(c2)c2ccc3c6ccccc6oc3c24)OC2=CC=CCC25)c(-c2ccccc2)c1. The molecule has 0 saturated heterocycles. The first-order valence-corrected chi connectivity index (χ1v) is 16.0. The molecule has 6 aromatic carbocycles. The molecule has 3 heteroatoms. The van der Waals surface area contributed by atoms with Crippen LogP contribution in [0.2, 0.25) is 0 Å². The Morgan fingerprint density at radius 1 is 0.630 bits per heavy atom. The molecule has 0 N–H and O–H groups in total. The second-order valence-corrected chi connectivity index (χ2v) is 12.9. The summed E-state index contributed by atoms with van der Waals surface area (Å²) in [6, 6.07) is 39.9. The Hall–Kier alpha value is -5.80. The number of hydrogen-bond donors (Lipinski definition) is 0. The zero-order chi connectivity index (χ0) is 30.1. The quantitative estimate of drug-likeness (QED) is 0.201. The van der Waals surface area contributed by atoms with Crippen LogP contribution in [0, 0.1) is 6.92 Å². The highest BCUT2D eigenvalue weighted by atomic mass is 16.5. The molecule has 4 heterocycles. The Morgan fingerprint density at radius 3 is 2.30 bits per heavy atom. The highest BCUT2D eigenvalue weighted by molar-refractivity contribution is 6.29. The fraction of sp³-hybridized carbons (Fsp3) is 0.0698. The summed E-state index contributed by atoms with van der Waals surface area (Å²) in [5.74, 6) is 2.27. The average Bonchev–Trinajstić information content (AvgIpc) is 3.84. The first-order chi connectivity index (χ1) is 22.7. The van der Waals surface area contributed by atoms with Gasteiger partial charge >= 0.3 is 0 Å². The van der Waals surface area contributed by atoms with E-state index in [0.717, 1.165) is 50.9 Å². The normalized spacial score (nSPS) is 15.8.